The minimum atomic E-state index is -0.702. The molecule has 2 aromatic carbocycles. The first-order valence-corrected chi connectivity index (χ1v) is 10.7. The van der Waals surface area contributed by atoms with E-state index in [-0.39, 0.29) is 37.3 Å². The van der Waals surface area contributed by atoms with Gasteiger partial charge in [-0.3, -0.25) is 0 Å². The lowest BCUT2D eigenvalue weighted by Crippen LogP contribution is -2.36. The third-order valence-corrected chi connectivity index (χ3v) is 6.91. The van der Waals surface area contributed by atoms with Gasteiger partial charge in [-0.05, 0) is 47.4 Å². The van der Waals surface area contributed by atoms with E-state index in [1.807, 2.05) is 24.3 Å². The highest BCUT2D eigenvalue weighted by Crippen LogP contribution is 2.57. The summed E-state index contributed by atoms with van der Waals surface area (Å²) in [5.74, 6) is 2.62. The van der Waals surface area contributed by atoms with E-state index in [4.69, 9.17) is 28.4 Å². The topological polar surface area (TPSA) is 95.8 Å². The molecule has 1 fully saturated rings. The van der Waals surface area contributed by atoms with E-state index in [9.17, 15) is 10.2 Å². The first-order chi connectivity index (χ1) is 15.6. The Morgan fingerprint density at radius 1 is 0.938 bits per heavy atom. The van der Waals surface area contributed by atoms with E-state index < -0.39 is 6.10 Å². The van der Waals surface area contributed by atoms with E-state index in [1.54, 1.807) is 21.3 Å². The minimum Gasteiger partial charge on any atom is -0.493 e. The number of aliphatic hydroxyl groups excluding tert-OH is 2. The van der Waals surface area contributed by atoms with Gasteiger partial charge in [0.2, 0.25) is 12.5 Å². The average Bonchev–Trinajstić information content (AvgIpc) is 3.44. The van der Waals surface area contributed by atoms with E-state index in [0.717, 1.165) is 16.7 Å². The highest BCUT2D eigenvalue weighted by Gasteiger charge is 2.51. The van der Waals surface area contributed by atoms with Gasteiger partial charge in [-0.15, -0.1) is 0 Å². The SMILES string of the molecule is COc1cc([C@@H]2c3cc4c(cc3[C@H](O)[C@H]3COC(CCO)[C@H]23)OCO4)cc(OC)c1OC. The van der Waals surface area contributed by atoms with Crippen molar-refractivity contribution in [3.05, 3.63) is 41.0 Å². The van der Waals surface area contributed by atoms with Gasteiger partial charge in [0, 0.05) is 24.4 Å². The second-order valence-electron chi connectivity index (χ2n) is 8.34. The van der Waals surface area contributed by atoms with Gasteiger partial charge in [-0.2, -0.15) is 0 Å². The van der Waals surface area contributed by atoms with Gasteiger partial charge in [0.25, 0.3) is 0 Å². The molecule has 8 nitrogen and oxygen atoms in total. The third kappa shape index (κ3) is 3.17. The van der Waals surface area contributed by atoms with Crippen LogP contribution >= 0.6 is 0 Å². The zero-order chi connectivity index (χ0) is 22.4. The number of hydrogen-bond acceptors (Lipinski definition) is 8. The molecule has 5 atom stereocenters. The summed E-state index contributed by atoms with van der Waals surface area (Å²) in [6, 6.07) is 7.73. The van der Waals surface area contributed by atoms with Crippen molar-refractivity contribution in [3.8, 4) is 28.7 Å². The van der Waals surface area contributed by atoms with E-state index in [2.05, 4.69) is 0 Å². The van der Waals surface area contributed by atoms with Crippen molar-refractivity contribution in [2.45, 2.75) is 24.5 Å². The fourth-order valence-corrected chi connectivity index (χ4v) is 5.52. The largest absolute Gasteiger partial charge is 0.493 e. The molecular formula is C24H28O8. The number of hydrogen-bond donors (Lipinski definition) is 2. The van der Waals surface area contributed by atoms with Crippen molar-refractivity contribution in [1.29, 1.82) is 0 Å². The molecule has 0 radical (unpaired) electrons. The summed E-state index contributed by atoms with van der Waals surface area (Å²) in [7, 11) is 4.76. The maximum atomic E-state index is 11.3. The van der Waals surface area contributed by atoms with Crippen LogP contribution in [0, 0.1) is 11.8 Å². The average molecular weight is 444 g/mol. The summed E-state index contributed by atoms with van der Waals surface area (Å²) in [5, 5.41) is 20.9. The number of methoxy groups -OCH3 is 3. The molecule has 3 aliphatic rings. The maximum Gasteiger partial charge on any atom is 0.231 e. The van der Waals surface area contributed by atoms with Gasteiger partial charge < -0.3 is 38.6 Å². The van der Waals surface area contributed by atoms with Crippen LogP contribution < -0.4 is 23.7 Å². The third-order valence-electron chi connectivity index (χ3n) is 6.91. The second kappa shape index (κ2) is 8.35. The zero-order valence-electron chi connectivity index (χ0n) is 18.4. The highest BCUT2D eigenvalue weighted by atomic mass is 16.7. The van der Waals surface area contributed by atoms with E-state index in [1.165, 1.54) is 0 Å². The molecular weight excluding hydrogens is 416 g/mol. The Balaban J connectivity index is 1.72. The summed E-state index contributed by atoms with van der Waals surface area (Å²) in [6.45, 7) is 0.595. The molecule has 172 valence electrons. The van der Waals surface area contributed by atoms with Crippen LogP contribution in [0.2, 0.25) is 0 Å². The molecule has 32 heavy (non-hydrogen) atoms. The van der Waals surface area contributed by atoms with Crippen molar-refractivity contribution in [2.24, 2.45) is 11.8 Å². The Morgan fingerprint density at radius 3 is 2.19 bits per heavy atom. The molecule has 2 aromatic rings. The lowest BCUT2D eigenvalue weighted by molar-refractivity contribution is 0.0637. The summed E-state index contributed by atoms with van der Waals surface area (Å²) in [4.78, 5) is 0. The van der Waals surface area contributed by atoms with Gasteiger partial charge in [0.1, 0.15) is 0 Å². The molecule has 1 aliphatic carbocycles. The first kappa shape index (κ1) is 21.2. The van der Waals surface area contributed by atoms with Crippen LogP contribution in [0.3, 0.4) is 0 Å². The lowest BCUT2D eigenvalue weighted by atomic mass is 9.64. The van der Waals surface area contributed by atoms with Gasteiger partial charge in [-0.1, -0.05) is 0 Å². The molecule has 8 heteroatoms. The summed E-state index contributed by atoms with van der Waals surface area (Å²) in [6.07, 6.45) is -0.400. The zero-order valence-corrected chi connectivity index (χ0v) is 18.4. The number of rotatable bonds is 6. The highest BCUT2D eigenvalue weighted by molar-refractivity contribution is 5.59. The number of benzene rings is 2. The first-order valence-electron chi connectivity index (χ1n) is 10.7. The predicted octanol–water partition coefficient (Wildman–Crippen LogP) is 2.63. The molecule has 0 aromatic heterocycles. The van der Waals surface area contributed by atoms with Crippen molar-refractivity contribution < 1.29 is 38.6 Å². The Morgan fingerprint density at radius 2 is 1.59 bits per heavy atom. The van der Waals surface area contributed by atoms with Gasteiger partial charge in [0.05, 0.1) is 40.1 Å². The summed E-state index contributed by atoms with van der Waals surface area (Å²) >= 11 is 0. The van der Waals surface area contributed by atoms with Crippen molar-refractivity contribution >= 4 is 0 Å². The Bertz CT molecular complexity index is 981. The molecule has 0 amide bonds. The lowest BCUT2D eigenvalue weighted by Gasteiger charge is -2.40. The number of fused-ring (bicyclic) bond motifs is 3. The van der Waals surface area contributed by atoms with Crippen LogP contribution in [0.25, 0.3) is 0 Å². The maximum absolute atomic E-state index is 11.3. The van der Waals surface area contributed by atoms with Crippen LogP contribution in [0.5, 0.6) is 28.7 Å². The normalized spacial score (nSPS) is 27.6. The van der Waals surface area contributed by atoms with Crippen molar-refractivity contribution in [2.75, 3.05) is 41.3 Å². The molecule has 2 heterocycles. The monoisotopic (exact) mass is 444 g/mol. The van der Waals surface area contributed by atoms with Crippen LogP contribution in [0.4, 0.5) is 0 Å². The molecule has 2 aliphatic heterocycles. The standard InChI is InChI=1S/C24H28O8/c1-27-19-6-12(7-20(28-2)24(19)29-3)21-13-8-17-18(32-11-31-17)9-14(13)23(26)15-10-30-16(4-5-25)22(15)21/h6-9,15-16,21-23,25-26H,4-5,10-11H2,1-3H3/t15-,16?,21+,22+,23-/m0/s1. The molecule has 1 unspecified atom stereocenters. The number of ether oxygens (including phenoxy) is 6. The molecule has 0 spiro atoms. The Labute approximate surface area is 186 Å². The molecule has 0 bridgehead atoms. The molecule has 1 saturated heterocycles. The van der Waals surface area contributed by atoms with Gasteiger partial charge >= 0.3 is 0 Å². The van der Waals surface area contributed by atoms with Crippen LogP contribution in [0.15, 0.2) is 24.3 Å². The number of aliphatic hydroxyl groups is 2. The quantitative estimate of drug-likeness (QED) is 0.702. The van der Waals surface area contributed by atoms with E-state index >= 15 is 0 Å². The van der Waals surface area contributed by atoms with Crippen molar-refractivity contribution in [1.82, 2.24) is 0 Å². The van der Waals surface area contributed by atoms with Crippen molar-refractivity contribution in [3.63, 3.8) is 0 Å². The minimum absolute atomic E-state index is 0.0138. The molecule has 0 saturated carbocycles. The van der Waals surface area contributed by atoms with Crippen LogP contribution in [0.1, 0.15) is 35.1 Å². The van der Waals surface area contributed by atoms with Gasteiger partial charge in [0.15, 0.2) is 23.0 Å². The Kier molecular flexibility index (Phi) is 5.53. The van der Waals surface area contributed by atoms with Gasteiger partial charge in [-0.25, -0.2) is 0 Å². The Hall–Kier alpha value is -2.68. The van der Waals surface area contributed by atoms with Crippen LogP contribution in [-0.4, -0.2) is 57.7 Å². The smallest absolute Gasteiger partial charge is 0.231 e. The summed E-state index contributed by atoms with van der Waals surface area (Å²) in [5.41, 5.74) is 2.71. The predicted molar refractivity (Wildman–Crippen MR) is 114 cm³/mol. The summed E-state index contributed by atoms with van der Waals surface area (Å²) < 4.78 is 34.0. The fourth-order valence-electron chi connectivity index (χ4n) is 5.52. The van der Waals surface area contributed by atoms with Crippen LogP contribution in [-0.2, 0) is 4.74 Å². The van der Waals surface area contributed by atoms with E-state index in [0.29, 0.717) is 41.8 Å². The fraction of sp³-hybridized carbons (Fsp3) is 0.500. The molecule has 5 rings (SSSR count). The molecule has 2 N–H and O–H groups in total. The second-order valence-corrected chi connectivity index (χ2v) is 8.34.